The molecular weight excluding hydrogens is 404 g/mol. The summed E-state index contributed by atoms with van der Waals surface area (Å²) in [5.74, 6) is -0.648. The summed E-state index contributed by atoms with van der Waals surface area (Å²) >= 11 is 0. The van der Waals surface area contributed by atoms with Crippen LogP contribution in [0, 0.1) is 0 Å². The summed E-state index contributed by atoms with van der Waals surface area (Å²) < 4.78 is 5.42. The maximum atomic E-state index is 12.4. The molecule has 1 rings (SSSR count). The number of hydrogen-bond donors (Lipinski definition) is 3. The molecule has 184 valence electrons. The van der Waals surface area contributed by atoms with Crippen LogP contribution in [-0.2, 0) is 20.7 Å². The summed E-state index contributed by atoms with van der Waals surface area (Å²) in [5, 5.41) is 2.72. The summed E-state index contributed by atoms with van der Waals surface area (Å²) in [7, 11) is 0. The molecule has 4 N–H and O–H groups in total. The maximum Gasteiger partial charge on any atom is 0.329 e. The van der Waals surface area contributed by atoms with Gasteiger partial charge in [0, 0.05) is 31.3 Å². The van der Waals surface area contributed by atoms with Crippen LogP contribution in [0.5, 0.6) is 0 Å². The largest absolute Gasteiger partial charge is 0.464 e. The van der Waals surface area contributed by atoms with Crippen molar-refractivity contribution in [2.45, 2.75) is 116 Å². The number of imidazole rings is 1. The third-order valence-corrected chi connectivity index (χ3v) is 5.71. The fourth-order valence-corrected chi connectivity index (χ4v) is 3.78. The van der Waals surface area contributed by atoms with E-state index in [0.29, 0.717) is 13.0 Å². The highest BCUT2D eigenvalue weighted by Crippen LogP contribution is 2.13. The van der Waals surface area contributed by atoms with E-state index in [0.717, 1.165) is 18.5 Å². The Morgan fingerprint density at radius 2 is 1.53 bits per heavy atom. The molecule has 7 nitrogen and oxygen atoms in total. The number of esters is 1. The smallest absolute Gasteiger partial charge is 0.329 e. The van der Waals surface area contributed by atoms with Crippen LogP contribution in [-0.4, -0.2) is 41.0 Å². The number of nitrogens with one attached hydrogen (secondary N) is 2. The van der Waals surface area contributed by atoms with E-state index in [9.17, 15) is 9.59 Å². The maximum absolute atomic E-state index is 12.4. The number of aromatic nitrogens is 2. The molecule has 32 heavy (non-hydrogen) atoms. The van der Waals surface area contributed by atoms with Crippen LogP contribution in [0.25, 0.3) is 0 Å². The van der Waals surface area contributed by atoms with E-state index in [4.69, 9.17) is 10.5 Å². The second-order valence-electron chi connectivity index (χ2n) is 8.70. The van der Waals surface area contributed by atoms with Crippen LogP contribution in [0.1, 0.15) is 109 Å². The van der Waals surface area contributed by atoms with Crippen LogP contribution in [0.3, 0.4) is 0 Å². The molecule has 0 bridgehead atoms. The van der Waals surface area contributed by atoms with E-state index in [1.165, 1.54) is 77.0 Å². The lowest BCUT2D eigenvalue weighted by molar-refractivity contribution is -0.148. The topological polar surface area (TPSA) is 110 Å². The van der Waals surface area contributed by atoms with Crippen LogP contribution in [0.15, 0.2) is 12.5 Å². The number of carbonyl (C=O) groups is 2. The van der Waals surface area contributed by atoms with Gasteiger partial charge in [-0.25, -0.2) is 9.78 Å². The van der Waals surface area contributed by atoms with E-state index in [2.05, 4.69) is 22.2 Å². The first-order valence-electron chi connectivity index (χ1n) is 12.8. The normalized spacial score (nSPS) is 11.9. The molecule has 1 unspecified atom stereocenters. The number of ether oxygens (including phenoxy) is 1. The molecule has 0 aliphatic carbocycles. The van der Waals surface area contributed by atoms with Gasteiger partial charge in [-0.15, -0.1) is 0 Å². The number of rotatable bonds is 21. The third-order valence-electron chi connectivity index (χ3n) is 5.71. The van der Waals surface area contributed by atoms with Crippen molar-refractivity contribution in [3.05, 3.63) is 18.2 Å². The van der Waals surface area contributed by atoms with Gasteiger partial charge in [-0.1, -0.05) is 90.4 Å². The second kappa shape index (κ2) is 19.8. The minimum Gasteiger partial charge on any atom is -0.464 e. The van der Waals surface area contributed by atoms with Crippen molar-refractivity contribution in [3.8, 4) is 0 Å². The summed E-state index contributed by atoms with van der Waals surface area (Å²) in [6.45, 7) is 2.90. The standard InChI is InChI=1S/C25H46N4O3/c1-2-3-4-5-6-7-8-9-10-11-12-13-14-15-18-32-25(31)23(29-24(30)16-17-26)19-22-20-27-21-28-22/h20-21,23H,2-19,26H2,1H3,(H,27,28)(H,29,30). The van der Waals surface area contributed by atoms with Crippen LogP contribution < -0.4 is 11.1 Å². The molecule has 1 aromatic heterocycles. The predicted octanol–water partition coefficient (Wildman–Crippen LogP) is 4.81. The molecular formula is C25H46N4O3. The molecule has 7 heteroatoms. The number of nitrogens with zero attached hydrogens (tertiary/aromatic N) is 1. The number of amides is 1. The minimum absolute atomic E-state index is 0.186. The van der Waals surface area contributed by atoms with Crippen molar-refractivity contribution < 1.29 is 14.3 Å². The Morgan fingerprint density at radius 3 is 2.03 bits per heavy atom. The third kappa shape index (κ3) is 15.0. The molecule has 1 aromatic rings. The van der Waals surface area contributed by atoms with Crippen LogP contribution in [0.4, 0.5) is 0 Å². The van der Waals surface area contributed by atoms with E-state index in [1.54, 1.807) is 12.5 Å². The summed E-state index contributed by atoms with van der Waals surface area (Å²) in [6.07, 6.45) is 21.7. The SMILES string of the molecule is CCCCCCCCCCCCCCCCOC(=O)C(Cc1cnc[nH]1)NC(=O)CCN. The average molecular weight is 451 g/mol. The molecule has 0 fully saturated rings. The van der Waals surface area contributed by atoms with Gasteiger partial charge < -0.3 is 20.8 Å². The lowest BCUT2D eigenvalue weighted by atomic mass is 10.0. The van der Waals surface area contributed by atoms with Crippen molar-refractivity contribution in [2.24, 2.45) is 5.73 Å². The molecule has 0 spiro atoms. The number of nitrogens with two attached hydrogens (primary N) is 1. The summed E-state index contributed by atoms with van der Waals surface area (Å²) in [6, 6.07) is -0.721. The number of carbonyl (C=O) groups excluding carboxylic acids is 2. The Labute approximate surface area is 194 Å². The Morgan fingerprint density at radius 1 is 0.969 bits per heavy atom. The Balaban J connectivity index is 2.04. The predicted molar refractivity (Wildman–Crippen MR) is 129 cm³/mol. The Hall–Kier alpha value is -1.89. The van der Waals surface area contributed by atoms with Gasteiger partial charge in [0.1, 0.15) is 6.04 Å². The molecule has 0 aliphatic rings. The highest BCUT2D eigenvalue weighted by molar-refractivity contribution is 5.84. The number of H-pyrrole nitrogens is 1. The quantitative estimate of drug-likeness (QED) is 0.184. The average Bonchev–Trinajstić information content (AvgIpc) is 3.29. The molecule has 0 saturated heterocycles. The zero-order valence-corrected chi connectivity index (χ0v) is 20.2. The zero-order valence-electron chi connectivity index (χ0n) is 20.2. The highest BCUT2D eigenvalue weighted by atomic mass is 16.5. The second-order valence-corrected chi connectivity index (χ2v) is 8.70. The Bertz CT molecular complexity index is 578. The molecule has 0 radical (unpaired) electrons. The van der Waals surface area contributed by atoms with Gasteiger partial charge in [0.25, 0.3) is 0 Å². The highest BCUT2D eigenvalue weighted by Gasteiger charge is 2.23. The van der Waals surface area contributed by atoms with Gasteiger partial charge in [-0.05, 0) is 6.42 Å². The fraction of sp³-hybridized carbons (Fsp3) is 0.800. The number of aromatic amines is 1. The van der Waals surface area contributed by atoms with Crippen LogP contribution >= 0.6 is 0 Å². The molecule has 0 aromatic carbocycles. The fourth-order valence-electron chi connectivity index (χ4n) is 3.78. The first-order valence-corrected chi connectivity index (χ1v) is 12.8. The number of hydrogen-bond acceptors (Lipinski definition) is 5. The van der Waals surface area contributed by atoms with E-state index >= 15 is 0 Å². The van der Waals surface area contributed by atoms with E-state index in [-0.39, 0.29) is 18.9 Å². The monoisotopic (exact) mass is 450 g/mol. The summed E-state index contributed by atoms with van der Waals surface area (Å²) in [4.78, 5) is 31.2. The zero-order chi connectivity index (χ0) is 23.3. The Kier molecular flexibility index (Phi) is 17.4. The molecule has 0 saturated carbocycles. The molecule has 1 amide bonds. The van der Waals surface area contributed by atoms with Crippen molar-refractivity contribution in [1.29, 1.82) is 0 Å². The van der Waals surface area contributed by atoms with Gasteiger partial charge in [-0.3, -0.25) is 4.79 Å². The van der Waals surface area contributed by atoms with E-state index in [1.807, 2.05) is 0 Å². The first-order chi connectivity index (χ1) is 15.7. The van der Waals surface area contributed by atoms with Crippen LogP contribution in [0.2, 0.25) is 0 Å². The minimum atomic E-state index is -0.721. The summed E-state index contributed by atoms with van der Waals surface area (Å²) in [5.41, 5.74) is 6.20. The first kappa shape index (κ1) is 28.1. The van der Waals surface area contributed by atoms with Crippen molar-refractivity contribution in [2.75, 3.05) is 13.2 Å². The van der Waals surface area contributed by atoms with Gasteiger partial charge in [-0.2, -0.15) is 0 Å². The van der Waals surface area contributed by atoms with E-state index < -0.39 is 12.0 Å². The van der Waals surface area contributed by atoms with Gasteiger partial charge in [0.2, 0.25) is 5.91 Å². The molecule has 0 aliphatic heterocycles. The van der Waals surface area contributed by atoms with Crippen molar-refractivity contribution in [1.82, 2.24) is 15.3 Å². The van der Waals surface area contributed by atoms with Crippen molar-refractivity contribution >= 4 is 11.9 Å². The molecule has 1 heterocycles. The van der Waals surface area contributed by atoms with Gasteiger partial charge in [0.15, 0.2) is 0 Å². The van der Waals surface area contributed by atoms with Crippen molar-refractivity contribution in [3.63, 3.8) is 0 Å². The van der Waals surface area contributed by atoms with Gasteiger partial charge in [0.05, 0.1) is 12.9 Å². The van der Waals surface area contributed by atoms with Gasteiger partial charge >= 0.3 is 5.97 Å². The lowest BCUT2D eigenvalue weighted by Gasteiger charge is -2.17. The number of unbranched alkanes of at least 4 members (excludes halogenated alkanes) is 13. The lowest BCUT2D eigenvalue weighted by Crippen LogP contribution is -2.44. The molecule has 1 atom stereocenters.